The molecule has 3 aromatic carbocycles. The van der Waals surface area contributed by atoms with Crippen LogP contribution in [0.15, 0.2) is 66.2 Å². The molecule has 35 heavy (non-hydrogen) atoms. The van der Waals surface area contributed by atoms with Crippen molar-refractivity contribution in [1.82, 2.24) is 5.32 Å². The molecule has 178 valence electrons. The zero-order valence-electron chi connectivity index (χ0n) is 18.8. The molecule has 0 radical (unpaired) electrons. The third-order valence-electron chi connectivity index (χ3n) is 5.25. The number of carbonyl (C=O) groups excluding carboxylic acids is 3. The number of carbonyl (C=O) groups is 3. The molecule has 0 bridgehead atoms. The molecule has 0 atom stereocenters. The number of nitrogens with zero attached hydrogens (tertiary/aromatic N) is 1. The van der Waals surface area contributed by atoms with Crippen LogP contribution in [0.2, 0.25) is 5.02 Å². The molecule has 4 rings (SSSR count). The van der Waals surface area contributed by atoms with E-state index in [1.54, 1.807) is 24.3 Å². The molecule has 1 N–H and O–H groups in total. The SMILES string of the molecule is COc1cc(/C=C2\C(=O)NC(=O)N(c3ccc(Cl)cc3)C2=O)cc(I)c1OCc1ccc(C)cc1. The number of halogens is 2. The van der Waals surface area contributed by atoms with Gasteiger partial charge in [-0.2, -0.15) is 0 Å². The van der Waals surface area contributed by atoms with Gasteiger partial charge in [-0.05, 0) is 83.1 Å². The van der Waals surface area contributed by atoms with Gasteiger partial charge in [-0.1, -0.05) is 41.4 Å². The summed E-state index contributed by atoms with van der Waals surface area (Å²) in [6, 6.07) is 16.8. The summed E-state index contributed by atoms with van der Waals surface area (Å²) in [4.78, 5) is 38.9. The van der Waals surface area contributed by atoms with Crippen molar-refractivity contribution in [2.24, 2.45) is 0 Å². The minimum atomic E-state index is -0.827. The lowest BCUT2D eigenvalue weighted by atomic mass is 10.1. The maximum absolute atomic E-state index is 13.1. The van der Waals surface area contributed by atoms with Crippen LogP contribution in [0.4, 0.5) is 10.5 Å². The third kappa shape index (κ3) is 5.49. The van der Waals surface area contributed by atoms with Gasteiger partial charge < -0.3 is 9.47 Å². The van der Waals surface area contributed by atoms with Gasteiger partial charge in [-0.15, -0.1) is 0 Å². The summed E-state index contributed by atoms with van der Waals surface area (Å²) in [6.07, 6.45) is 1.42. The molecule has 1 aliphatic rings. The minimum Gasteiger partial charge on any atom is -0.493 e. The smallest absolute Gasteiger partial charge is 0.335 e. The van der Waals surface area contributed by atoms with E-state index >= 15 is 0 Å². The molecule has 7 nitrogen and oxygen atoms in total. The second-order valence-electron chi connectivity index (χ2n) is 7.74. The number of aryl methyl sites for hydroxylation is 1. The number of anilines is 1. The van der Waals surface area contributed by atoms with Crippen LogP contribution in [0.5, 0.6) is 11.5 Å². The van der Waals surface area contributed by atoms with Crippen LogP contribution in [0.1, 0.15) is 16.7 Å². The Hall–Kier alpha value is -3.37. The summed E-state index contributed by atoms with van der Waals surface area (Å²) < 4.78 is 12.3. The van der Waals surface area contributed by atoms with E-state index in [1.807, 2.05) is 31.2 Å². The normalized spacial score (nSPS) is 14.8. The van der Waals surface area contributed by atoms with Crippen LogP contribution in [-0.2, 0) is 16.2 Å². The van der Waals surface area contributed by atoms with Crippen LogP contribution < -0.4 is 19.7 Å². The highest BCUT2D eigenvalue weighted by Gasteiger charge is 2.36. The molecule has 0 aromatic heterocycles. The largest absolute Gasteiger partial charge is 0.493 e. The minimum absolute atomic E-state index is 0.189. The van der Waals surface area contributed by atoms with Gasteiger partial charge in [0.15, 0.2) is 11.5 Å². The molecule has 1 aliphatic heterocycles. The maximum atomic E-state index is 13.1. The van der Waals surface area contributed by atoms with Gasteiger partial charge in [0.25, 0.3) is 11.8 Å². The van der Waals surface area contributed by atoms with E-state index in [2.05, 4.69) is 27.9 Å². The Balaban J connectivity index is 1.63. The number of hydrogen-bond acceptors (Lipinski definition) is 5. The number of imide groups is 2. The fourth-order valence-electron chi connectivity index (χ4n) is 3.45. The summed E-state index contributed by atoms with van der Waals surface area (Å²) in [5.41, 5.74) is 2.82. The molecular formula is C26H20ClIN2O5. The van der Waals surface area contributed by atoms with Crippen molar-refractivity contribution in [3.63, 3.8) is 0 Å². The lowest BCUT2D eigenvalue weighted by Crippen LogP contribution is -2.54. The molecule has 0 spiro atoms. The Labute approximate surface area is 220 Å². The van der Waals surface area contributed by atoms with Crippen LogP contribution in [0.25, 0.3) is 6.08 Å². The highest BCUT2D eigenvalue weighted by Crippen LogP contribution is 2.35. The molecule has 3 aromatic rings. The van der Waals surface area contributed by atoms with Gasteiger partial charge in [0.05, 0.1) is 16.4 Å². The van der Waals surface area contributed by atoms with Crippen LogP contribution in [-0.4, -0.2) is 25.0 Å². The number of methoxy groups -OCH3 is 1. The van der Waals surface area contributed by atoms with E-state index in [0.29, 0.717) is 34.4 Å². The van der Waals surface area contributed by atoms with Crippen molar-refractivity contribution >= 4 is 63.8 Å². The Morgan fingerprint density at radius 2 is 1.71 bits per heavy atom. The number of nitrogens with one attached hydrogen (secondary N) is 1. The predicted molar refractivity (Wildman–Crippen MR) is 142 cm³/mol. The number of urea groups is 1. The standard InChI is InChI=1S/C26H20ClIN2O5/c1-15-3-5-16(6-4-15)14-35-23-21(28)12-17(13-22(23)34-2)11-20-24(31)29-26(33)30(25(20)32)19-9-7-18(27)8-10-19/h3-13H,14H2,1-2H3,(H,29,31,33)/b20-11+. The Morgan fingerprint density at radius 1 is 1.03 bits per heavy atom. The molecule has 0 unspecified atom stereocenters. The van der Waals surface area contributed by atoms with Gasteiger partial charge in [0, 0.05) is 5.02 Å². The van der Waals surface area contributed by atoms with Crippen molar-refractivity contribution in [3.8, 4) is 11.5 Å². The zero-order chi connectivity index (χ0) is 25.1. The van der Waals surface area contributed by atoms with E-state index < -0.39 is 17.8 Å². The molecule has 1 fully saturated rings. The van der Waals surface area contributed by atoms with E-state index in [9.17, 15) is 14.4 Å². The molecule has 0 saturated carbocycles. The molecule has 4 amide bonds. The Bertz CT molecular complexity index is 1340. The molecule has 9 heteroatoms. The summed E-state index contributed by atoms with van der Waals surface area (Å²) in [6.45, 7) is 2.37. The molecule has 0 aliphatic carbocycles. The second-order valence-corrected chi connectivity index (χ2v) is 9.34. The highest BCUT2D eigenvalue weighted by atomic mass is 127. The number of rotatable bonds is 6. The number of ether oxygens (including phenoxy) is 2. The van der Waals surface area contributed by atoms with Gasteiger partial charge in [-0.25, -0.2) is 9.69 Å². The van der Waals surface area contributed by atoms with Crippen LogP contribution >= 0.6 is 34.2 Å². The van der Waals surface area contributed by atoms with Crippen molar-refractivity contribution in [2.45, 2.75) is 13.5 Å². The fourth-order valence-corrected chi connectivity index (χ4v) is 4.36. The van der Waals surface area contributed by atoms with E-state index in [-0.39, 0.29) is 5.57 Å². The Kier molecular flexibility index (Phi) is 7.42. The lowest BCUT2D eigenvalue weighted by molar-refractivity contribution is -0.122. The summed E-state index contributed by atoms with van der Waals surface area (Å²) in [5, 5.41) is 2.66. The van der Waals surface area contributed by atoms with Gasteiger partial charge in [0.2, 0.25) is 0 Å². The summed E-state index contributed by atoms with van der Waals surface area (Å²) in [5.74, 6) is -0.521. The highest BCUT2D eigenvalue weighted by molar-refractivity contribution is 14.1. The van der Waals surface area contributed by atoms with Gasteiger partial charge >= 0.3 is 6.03 Å². The molecule has 1 saturated heterocycles. The van der Waals surface area contributed by atoms with Crippen molar-refractivity contribution in [1.29, 1.82) is 0 Å². The summed E-state index contributed by atoms with van der Waals surface area (Å²) in [7, 11) is 1.51. The van der Waals surface area contributed by atoms with Crippen LogP contribution in [0.3, 0.4) is 0 Å². The zero-order valence-corrected chi connectivity index (χ0v) is 21.7. The molecular weight excluding hydrogens is 583 g/mol. The first kappa shape index (κ1) is 24.7. The number of benzene rings is 3. The summed E-state index contributed by atoms with van der Waals surface area (Å²) >= 11 is 8.02. The lowest BCUT2D eigenvalue weighted by Gasteiger charge is -2.26. The first-order valence-electron chi connectivity index (χ1n) is 10.5. The van der Waals surface area contributed by atoms with Crippen molar-refractivity contribution in [2.75, 3.05) is 12.0 Å². The monoisotopic (exact) mass is 602 g/mol. The third-order valence-corrected chi connectivity index (χ3v) is 6.31. The van der Waals surface area contributed by atoms with Gasteiger partial charge in [-0.3, -0.25) is 14.9 Å². The predicted octanol–water partition coefficient (Wildman–Crippen LogP) is 5.51. The second kappa shape index (κ2) is 10.5. The number of amides is 4. The maximum Gasteiger partial charge on any atom is 0.335 e. The van der Waals surface area contributed by atoms with E-state index in [1.165, 1.54) is 25.3 Å². The van der Waals surface area contributed by atoms with E-state index in [0.717, 1.165) is 19.6 Å². The first-order chi connectivity index (χ1) is 16.8. The topological polar surface area (TPSA) is 84.9 Å². The molecule has 1 heterocycles. The average Bonchev–Trinajstić information content (AvgIpc) is 2.83. The van der Waals surface area contributed by atoms with E-state index in [4.69, 9.17) is 21.1 Å². The van der Waals surface area contributed by atoms with Crippen molar-refractivity contribution in [3.05, 3.63) is 91.5 Å². The average molecular weight is 603 g/mol. The van der Waals surface area contributed by atoms with Crippen molar-refractivity contribution < 1.29 is 23.9 Å². The quantitative estimate of drug-likeness (QED) is 0.229. The fraction of sp³-hybridized carbons (Fsp3) is 0.115. The number of hydrogen-bond donors (Lipinski definition) is 1. The number of barbiturate groups is 1. The Morgan fingerprint density at radius 3 is 2.37 bits per heavy atom. The van der Waals surface area contributed by atoms with Gasteiger partial charge in [0.1, 0.15) is 12.2 Å². The first-order valence-corrected chi connectivity index (χ1v) is 12.0. The van der Waals surface area contributed by atoms with Crippen LogP contribution in [0, 0.1) is 10.5 Å².